The van der Waals surface area contributed by atoms with Gasteiger partial charge in [0.2, 0.25) is 5.91 Å². The fourth-order valence-electron chi connectivity index (χ4n) is 3.58. The van der Waals surface area contributed by atoms with Gasteiger partial charge >= 0.3 is 6.09 Å². The molecule has 0 unspecified atom stereocenters. The lowest BCUT2D eigenvalue weighted by molar-refractivity contribution is -0.117. The second-order valence-electron chi connectivity index (χ2n) is 8.68. The molecule has 33 heavy (non-hydrogen) atoms. The second kappa shape index (κ2) is 9.80. The minimum atomic E-state index is -3.20. The number of anilines is 1. The summed E-state index contributed by atoms with van der Waals surface area (Å²) in [7, 11) is -0.152. The first-order valence-corrected chi connectivity index (χ1v) is 13.1. The number of aliphatic imine (C=N–C) groups is 1. The zero-order chi connectivity index (χ0) is 24.4. The smallest absolute Gasteiger partial charge is 0.407 e. The summed E-state index contributed by atoms with van der Waals surface area (Å²) in [5.74, 6) is 0.610. The average Bonchev–Trinajstić information content (AvgIpc) is 3.16. The van der Waals surface area contributed by atoms with Gasteiger partial charge in [0.1, 0.15) is 17.1 Å². The van der Waals surface area contributed by atoms with Crippen LogP contribution in [-0.2, 0) is 19.4 Å². The van der Waals surface area contributed by atoms with Crippen molar-refractivity contribution in [3.63, 3.8) is 0 Å². The Morgan fingerprint density at radius 3 is 2.58 bits per heavy atom. The number of methoxy groups -OCH3 is 2. The number of rotatable bonds is 6. The van der Waals surface area contributed by atoms with E-state index in [1.54, 1.807) is 43.9 Å². The van der Waals surface area contributed by atoms with Gasteiger partial charge in [0.15, 0.2) is 15.0 Å². The number of hydrogen-bond donors (Lipinski definition) is 1. The van der Waals surface area contributed by atoms with Crippen molar-refractivity contribution in [1.29, 1.82) is 0 Å². The van der Waals surface area contributed by atoms with E-state index >= 15 is 0 Å². The number of hydrogen-bond acceptors (Lipinski definition) is 8. The van der Waals surface area contributed by atoms with Crippen molar-refractivity contribution in [3.8, 4) is 11.5 Å². The highest BCUT2D eigenvalue weighted by molar-refractivity contribution is 8.16. The summed E-state index contributed by atoms with van der Waals surface area (Å²) in [6, 6.07) is 4.83. The average molecular weight is 500 g/mol. The summed E-state index contributed by atoms with van der Waals surface area (Å²) in [6.45, 7) is 5.32. The Morgan fingerprint density at radius 2 is 1.94 bits per heavy atom. The number of nitrogens with one attached hydrogen (secondary N) is 1. The summed E-state index contributed by atoms with van der Waals surface area (Å²) in [4.78, 5) is 30.3. The highest BCUT2D eigenvalue weighted by Crippen LogP contribution is 2.44. The molecule has 0 aromatic heterocycles. The zero-order valence-electron chi connectivity index (χ0n) is 19.3. The lowest BCUT2D eigenvalue weighted by Crippen LogP contribution is -2.38. The van der Waals surface area contributed by atoms with Crippen molar-refractivity contribution in [2.24, 2.45) is 4.99 Å². The highest BCUT2D eigenvalue weighted by Gasteiger charge is 2.50. The SMILES string of the molecule is COc1ccc(N2C(=NC(=O)CCNC(=O)OC(C)(C)C)S[C@H]3CS(=O)(=O)C[C@H]32)c(OC)c1. The lowest BCUT2D eigenvalue weighted by Gasteiger charge is -2.26. The van der Waals surface area contributed by atoms with E-state index in [9.17, 15) is 18.0 Å². The lowest BCUT2D eigenvalue weighted by atomic mass is 10.2. The third kappa shape index (κ3) is 6.32. The van der Waals surface area contributed by atoms with E-state index in [1.165, 1.54) is 26.0 Å². The number of benzene rings is 1. The van der Waals surface area contributed by atoms with Crippen molar-refractivity contribution >= 4 is 44.5 Å². The molecule has 0 radical (unpaired) electrons. The predicted molar refractivity (Wildman–Crippen MR) is 127 cm³/mol. The maximum Gasteiger partial charge on any atom is 0.407 e. The largest absolute Gasteiger partial charge is 0.497 e. The van der Waals surface area contributed by atoms with Gasteiger partial charge in [0, 0.05) is 24.3 Å². The van der Waals surface area contributed by atoms with Gasteiger partial charge in [-0.05, 0) is 32.9 Å². The minimum absolute atomic E-state index is 0.0186. The van der Waals surface area contributed by atoms with E-state index in [1.807, 2.05) is 0 Å². The molecule has 0 saturated carbocycles. The van der Waals surface area contributed by atoms with E-state index < -0.39 is 27.4 Å². The van der Waals surface area contributed by atoms with E-state index in [4.69, 9.17) is 14.2 Å². The van der Waals surface area contributed by atoms with Crippen LogP contribution in [0, 0.1) is 0 Å². The number of carbonyl (C=O) groups excluding carboxylic acids is 2. The molecule has 2 atom stereocenters. The summed E-state index contributed by atoms with van der Waals surface area (Å²) < 4.78 is 40.4. The summed E-state index contributed by atoms with van der Waals surface area (Å²) >= 11 is 1.27. The molecule has 0 aliphatic carbocycles. The molecule has 182 valence electrons. The Balaban J connectivity index is 1.80. The van der Waals surface area contributed by atoms with E-state index in [-0.39, 0.29) is 35.8 Å². The minimum Gasteiger partial charge on any atom is -0.497 e. The molecule has 2 heterocycles. The van der Waals surface area contributed by atoms with Gasteiger partial charge in [-0.25, -0.2) is 13.2 Å². The number of fused-ring (bicyclic) bond motifs is 1. The Bertz CT molecular complexity index is 1050. The van der Waals surface area contributed by atoms with Crippen molar-refractivity contribution in [1.82, 2.24) is 5.32 Å². The molecule has 2 saturated heterocycles. The van der Waals surface area contributed by atoms with Crippen molar-refractivity contribution < 1.29 is 32.2 Å². The molecule has 0 bridgehead atoms. The predicted octanol–water partition coefficient (Wildman–Crippen LogP) is 2.22. The molecule has 1 aromatic carbocycles. The van der Waals surface area contributed by atoms with Crippen LogP contribution in [0.5, 0.6) is 11.5 Å². The number of carbonyl (C=O) groups is 2. The van der Waals surface area contributed by atoms with Crippen LogP contribution in [-0.4, -0.2) is 74.7 Å². The zero-order valence-corrected chi connectivity index (χ0v) is 20.9. The molecule has 2 fully saturated rings. The van der Waals surface area contributed by atoms with Crippen LogP contribution in [0.25, 0.3) is 0 Å². The monoisotopic (exact) mass is 499 g/mol. The first kappa shape index (κ1) is 25.2. The van der Waals surface area contributed by atoms with Crippen molar-refractivity contribution in [3.05, 3.63) is 18.2 Å². The van der Waals surface area contributed by atoms with Crippen LogP contribution >= 0.6 is 11.8 Å². The maximum atomic E-state index is 12.6. The fourth-order valence-corrected chi connectivity index (χ4v) is 7.50. The van der Waals surface area contributed by atoms with Crippen LogP contribution in [0.2, 0.25) is 0 Å². The Hall–Kier alpha value is -2.47. The van der Waals surface area contributed by atoms with E-state index in [0.29, 0.717) is 22.4 Å². The molecule has 0 spiro atoms. The molecule has 1 N–H and O–H groups in total. The second-order valence-corrected chi connectivity index (χ2v) is 12.0. The molecular weight excluding hydrogens is 470 g/mol. The van der Waals surface area contributed by atoms with Crippen LogP contribution in [0.4, 0.5) is 10.5 Å². The van der Waals surface area contributed by atoms with E-state index in [2.05, 4.69) is 10.3 Å². The van der Waals surface area contributed by atoms with Crippen molar-refractivity contribution in [2.75, 3.05) is 37.2 Å². The molecule has 2 aliphatic heterocycles. The number of thioether (sulfide) groups is 1. The summed E-state index contributed by atoms with van der Waals surface area (Å²) in [6.07, 6.45) is -0.632. The normalized spacial score (nSPS) is 22.7. The van der Waals surface area contributed by atoms with E-state index in [0.717, 1.165) is 0 Å². The quantitative estimate of drug-likeness (QED) is 0.627. The number of sulfone groups is 1. The number of alkyl carbamates (subject to hydrolysis) is 1. The first-order valence-electron chi connectivity index (χ1n) is 10.4. The standard InChI is InChI=1S/C21H29N3O7S2/c1-21(2,3)31-20(26)22-9-8-18(25)23-19-24(15-11-33(27,28)12-17(15)32-19)14-7-6-13(29-4)10-16(14)30-5/h6-7,10,15,17H,8-9,11-12H2,1-5H3,(H,22,26)/t15-,17+/m1/s1. The number of amides is 2. The highest BCUT2D eigenvalue weighted by atomic mass is 32.2. The third-order valence-electron chi connectivity index (χ3n) is 4.94. The first-order chi connectivity index (χ1) is 15.4. The van der Waals surface area contributed by atoms with Crippen LogP contribution in [0.3, 0.4) is 0 Å². The fraction of sp³-hybridized carbons (Fsp3) is 0.571. The molecule has 1 aromatic rings. The topological polar surface area (TPSA) is 124 Å². The molecule has 2 amide bonds. The summed E-state index contributed by atoms with van der Waals surface area (Å²) in [5.41, 5.74) is -0.0287. The Kier molecular flexibility index (Phi) is 7.47. The van der Waals surface area contributed by atoms with Gasteiger partial charge in [-0.3, -0.25) is 4.79 Å². The molecule has 10 nitrogen and oxygen atoms in total. The van der Waals surface area contributed by atoms with Gasteiger partial charge < -0.3 is 24.4 Å². The van der Waals surface area contributed by atoms with Gasteiger partial charge in [-0.2, -0.15) is 4.99 Å². The Morgan fingerprint density at radius 1 is 1.21 bits per heavy atom. The Labute approximate surface area is 198 Å². The summed E-state index contributed by atoms with van der Waals surface area (Å²) in [5, 5.41) is 2.70. The molecule has 3 rings (SSSR count). The van der Waals surface area contributed by atoms with Gasteiger partial charge in [0.05, 0.1) is 37.5 Å². The molecule has 2 aliphatic rings. The molecule has 12 heteroatoms. The number of amidine groups is 1. The number of nitrogens with zero attached hydrogens (tertiary/aromatic N) is 2. The van der Waals surface area contributed by atoms with Gasteiger partial charge in [-0.15, -0.1) is 0 Å². The van der Waals surface area contributed by atoms with Gasteiger partial charge in [-0.1, -0.05) is 11.8 Å². The third-order valence-corrected chi connectivity index (χ3v) is 8.15. The molecular formula is C21H29N3O7S2. The number of ether oxygens (including phenoxy) is 3. The van der Waals surface area contributed by atoms with Gasteiger partial charge in [0.25, 0.3) is 0 Å². The maximum absolute atomic E-state index is 12.6. The van der Waals surface area contributed by atoms with Crippen LogP contribution in [0.1, 0.15) is 27.2 Å². The van der Waals surface area contributed by atoms with Crippen LogP contribution in [0.15, 0.2) is 23.2 Å². The van der Waals surface area contributed by atoms with Crippen molar-refractivity contribution in [2.45, 2.75) is 44.1 Å². The van der Waals surface area contributed by atoms with Crippen LogP contribution < -0.4 is 19.7 Å².